The first-order chi connectivity index (χ1) is 27.3. The Kier molecular flexibility index (Phi) is 6.34. The standard InChI is InChI=1S/C52H33N3/c1-3-15-35(16-4-1)53(36-17-5-2-6-18-36)39-29-31-48-45(33-39)40-19-7-9-23-46(40)54(48)37-25-27-38(28-26-37)55-47-24-10-8-20-43(47)52-49(55)32-30-42-41-21-11-13-34-14-12-22-44(50(34)41)51(42)52/h1-33H. The van der Waals surface area contributed by atoms with E-state index in [1.54, 1.807) is 0 Å². The minimum Gasteiger partial charge on any atom is -0.310 e. The number of aromatic nitrogens is 2. The van der Waals surface area contributed by atoms with Crippen molar-refractivity contribution in [1.82, 2.24) is 9.13 Å². The van der Waals surface area contributed by atoms with Crippen LogP contribution in [0.15, 0.2) is 200 Å². The first-order valence-corrected chi connectivity index (χ1v) is 18.9. The summed E-state index contributed by atoms with van der Waals surface area (Å²) in [4.78, 5) is 2.33. The van der Waals surface area contributed by atoms with Crippen LogP contribution in [-0.4, -0.2) is 9.13 Å². The molecule has 0 N–H and O–H groups in total. The number of hydrogen-bond acceptors (Lipinski definition) is 1. The predicted molar refractivity (Wildman–Crippen MR) is 232 cm³/mol. The number of benzene rings is 9. The van der Waals surface area contributed by atoms with Crippen molar-refractivity contribution < 1.29 is 0 Å². The SMILES string of the molecule is c1ccc(N(c2ccccc2)c2ccc3c(c2)c2ccccc2n3-c2ccc(-n3c4ccccc4c4c5c(ccc43)-c3cccc4cccc-5c34)cc2)cc1. The van der Waals surface area contributed by atoms with E-state index in [0.717, 1.165) is 28.4 Å². The lowest BCUT2D eigenvalue weighted by molar-refractivity contribution is 1.14. The van der Waals surface area contributed by atoms with Gasteiger partial charge in [-0.3, -0.25) is 0 Å². The van der Waals surface area contributed by atoms with Crippen LogP contribution in [0.25, 0.3) is 88.0 Å². The minimum absolute atomic E-state index is 1.13. The van der Waals surface area contributed by atoms with Gasteiger partial charge in [0.2, 0.25) is 0 Å². The third kappa shape index (κ3) is 4.32. The third-order valence-electron chi connectivity index (χ3n) is 11.6. The largest absolute Gasteiger partial charge is 0.310 e. The highest BCUT2D eigenvalue weighted by molar-refractivity contribution is 6.26. The average molecular weight is 700 g/mol. The van der Waals surface area contributed by atoms with E-state index in [0.29, 0.717) is 0 Å². The van der Waals surface area contributed by atoms with Crippen molar-refractivity contribution in [2.75, 3.05) is 4.90 Å². The van der Waals surface area contributed by atoms with Crippen molar-refractivity contribution in [2.45, 2.75) is 0 Å². The van der Waals surface area contributed by atoms with Gasteiger partial charge in [-0.15, -0.1) is 0 Å². The van der Waals surface area contributed by atoms with E-state index >= 15 is 0 Å². The normalized spacial score (nSPS) is 12.0. The summed E-state index contributed by atoms with van der Waals surface area (Å²) in [5.74, 6) is 0. The summed E-state index contributed by atoms with van der Waals surface area (Å²) in [5, 5.41) is 7.71. The van der Waals surface area contributed by atoms with Gasteiger partial charge in [0, 0.05) is 55.5 Å². The summed E-state index contributed by atoms with van der Waals surface area (Å²) in [7, 11) is 0. The van der Waals surface area contributed by atoms with Crippen molar-refractivity contribution in [1.29, 1.82) is 0 Å². The maximum Gasteiger partial charge on any atom is 0.0547 e. The fourth-order valence-electron chi connectivity index (χ4n) is 9.35. The molecule has 0 atom stereocenters. The fourth-order valence-corrected chi connectivity index (χ4v) is 9.35. The molecule has 2 heterocycles. The second-order valence-corrected chi connectivity index (χ2v) is 14.5. The Hall–Kier alpha value is -7.36. The third-order valence-corrected chi connectivity index (χ3v) is 11.6. The average Bonchev–Trinajstić information content (AvgIpc) is 3.88. The van der Waals surface area contributed by atoms with Gasteiger partial charge in [-0.1, -0.05) is 115 Å². The molecular formula is C52H33N3. The molecule has 0 aliphatic heterocycles. The Bertz CT molecular complexity index is 3250. The first kappa shape index (κ1) is 30.1. The monoisotopic (exact) mass is 699 g/mol. The highest BCUT2D eigenvalue weighted by Crippen LogP contribution is 2.52. The zero-order chi connectivity index (χ0) is 36.0. The predicted octanol–water partition coefficient (Wildman–Crippen LogP) is 14.2. The molecule has 55 heavy (non-hydrogen) atoms. The molecule has 0 amide bonds. The molecule has 3 heteroatoms. The van der Waals surface area contributed by atoms with Gasteiger partial charge in [-0.25, -0.2) is 0 Å². The Balaban J connectivity index is 1.02. The molecule has 0 radical (unpaired) electrons. The van der Waals surface area contributed by atoms with Crippen LogP contribution in [0.4, 0.5) is 17.1 Å². The van der Waals surface area contributed by atoms with Gasteiger partial charge < -0.3 is 14.0 Å². The maximum absolute atomic E-state index is 2.44. The van der Waals surface area contributed by atoms with Crippen LogP contribution < -0.4 is 4.90 Å². The smallest absolute Gasteiger partial charge is 0.0547 e. The van der Waals surface area contributed by atoms with E-state index in [2.05, 4.69) is 214 Å². The van der Waals surface area contributed by atoms with Crippen LogP contribution >= 0.6 is 0 Å². The summed E-state index contributed by atoms with van der Waals surface area (Å²) in [6.45, 7) is 0. The van der Waals surface area contributed by atoms with Gasteiger partial charge in [-0.2, -0.15) is 0 Å². The molecule has 12 rings (SSSR count). The quantitative estimate of drug-likeness (QED) is 0.174. The molecule has 0 bridgehead atoms. The van der Waals surface area contributed by atoms with E-state index in [1.807, 2.05) is 0 Å². The molecule has 0 unspecified atom stereocenters. The Morgan fingerprint density at radius 2 is 0.855 bits per heavy atom. The zero-order valence-electron chi connectivity index (χ0n) is 29.9. The van der Waals surface area contributed by atoms with E-state index in [9.17, 15) is 0 Å². The molecule has 0 saturated heterocycles. The zero-order valence-corrected chi connectivity index (χ0v) is 29.9. The number of hydrogen-bond donors (Lipinski definition) is 0. The van der Waals surface area contributed by atoms with Gasteiger partial charge in [0.15, 0.2) is 0 Å². The van der Waals surface area contributed by atoms with Gasteiger partial charge in [0.25, 0.3) is 0 Å². The maximum atomic E-state index is 2.44. The molecule has 1 aliphatic carbocycles. The molecule has 0 saturated carbocycles. The fraction of sp³-hybridized carbons (Fsp3) is 0. The van der Waals surface area contributed by atoms with Crippen LogP contribution in [0.1, 0.15) is 0 Å². The first-order valence-electron chi connectivity index (χ1n) is 18.9. The summed E-state index contributed by atoms with van der Waals surface area (Å²) >= 11 is 0. The lowest BCUT2D eigenvalue weighted by atomic mass is 9.98. The van der Waals surface area contributed by atoms with Gasteiger partial charge in [-0.05, 0) is 112 Å². The molecule has 0 fully saturated rings. The Labute approximate surface area is 318 Å². The molecule has 11 aromatic rings. The van der Waals surface area contributed by atoms with Crippen molar-refractivity contribution in [3.05, 3.63) is 200 Å². The Morgan fingerprint density at radius 3 is 1.55 bits per heavy atom. The molecule has 3 nitrogen and oxygen atoms in total. The van der Waals surface area contributed by atoms with Crippen LogP contribution in [0, 0.1) is 0 Å². The number of nitrogens with zero attached hydrogens (tertiary/aromatic N) is 3. The number of fused-ring (bicyclic) bond motifs is 10. The molecule has 256 valence electrons. The lowest BCUT2D eigenvalue weighted by Gasteiger charge is -2.25. The summed E-state index contributed by atoms with van der Waals surface area (Å²) in [5.41, 5.74) is 15.8. The topological polar surface area (TPSA) is 13.1 Å². The minimum atomic E-state index is 1.13. The molecule has 9 aromatic carbocycles. The van der Waals surface area contributed by atoms with E-state index in [1.165, 1.54) is 76.6 Å². The molecular weight excluding hydrogens is 667 g/mol. The van der Waals surface area contributed by atoms with Crippen molar-refractivity contribution in [3.8, 4) is 33.6 Å². The Morgan fingerprint density at radius 1 is 0.309 bits per heavy atom. The molecule has 1 aliphatic rings. The second-order valence-electron chi connectivity index (χ2n) is 14.5. The number of anilines is 3. The summed E-state index contributed by atoms with van der Waals surface area (Å²) < 4.78 is 4.85. The lowest BCUT2D eigenvalue weighted by Crippen LogP contribution is -2.09. The van der Waals surface area contributed by atoms with E-state index in [4.69, 9.17) is 0 Å². The second kappa shape index (κ2) is 11.6. The van der Waals surface area contributed by atoms with Gasteiger partial charge >= 0.3 is 0 Å². The van der Waals surface area contributed by atoms with Crippen molar-refractivity contribution in [3.63, 3.8) is 0 Å². The van der Waals surface area contributed by atoms with Crippen molar-refractivity contribution >= 4 is 71.4 Å². The van der Waals surface area contributed by atoms with Crippen LogP contribution in [-0.2, 0) is 0 Å². The highest BCUT2D eigenvalue weighted by atomic mass is 15.1. The van der Waals surface area contributed by atoms with Crippen LogP contribution in [0.5, 0.6) is 0 Å². The molecule has 0 spiro atoms. The summed E-state index contributed by atoms with van der Waals surface area (Å²) in [6, 6.07) is 73.0. The van der Waals surface area contributed by atoms with Gasteiger partial charge in [0.05, 0.1) is 22.1 Å². The van der Waals surface area contributed by atoms with E-state index < -0.39 is 0 Å². The number of rotatable bonds is 5. The van der Waals surface area contributed by atoms with Crippen LogP contribution in [0.2, 0.25) is 0 Å². The van der Waals surface area contributed by atoms with E-state index in [-0.39, 0.29) is 0 Å². The van der Waals surface area contributed by atoms with Crippen LogP contribution in [0.3, 0.4) is 0 Å². The number of para-hydroxylation sites is 4. The summed E-state index contributed by atoms with van der Waals surface area (Å²) in [6.07, 6.45) is 0. The van der Waals surface area contributed by atoms with Gasteiger partial charge in [0.1, 0.15) is 0 Å². The molecule has 2 aromatic heterocycles. The van der Waals surface area contributed by atoms with Crippen molar-refractivity contribution in [2.24, 2.45) is 0 Å². The highest BCUT2D eigenvalue weighted by Gasteiger charge is 2.26.